The lowest BCUT2D eigenvalue weighted by Gasteiger charge is -2.39. The summed E-state index contributed by atoms with van der Waals surface area (Å²) in [5.74, 6) is 2.39. The average molecular weight is 307 g/mol. The van der Waals surface area contributed by atoms with E-state index >= 15 is 0 Å². The lowest BCUT2D eigenvalue weighted by atomic mass is 9.79. The molecule has 0 amide bonds. The highest BCUT2D eigenvalue weighted by molar-refractivity contribution is 5.56. The number of allylic oxidation sites excluding steroid dienone is 2. The fourth-order valence-corrected chi connectivity index (χ4v) is 4.40. The normalized spacial score (nSPS) is 32.2. The number of hydrazine groups is 1. The minimum atomic E-state index is 0.261. The summed E-state index contributed by atoms with van der Waals surface area (Å²) in [5, 5.41) is 5.91. The highest BCUT2D eigenvalue weighted by Gasteiger charge is 2.41. The van der Waals surface area contributed by atoms with Gasteiger partial charge in [-0.25, -0.2) is 10.4 Å². The second kappa shape index (κ2) is 5.06. The van der Waals surface area contributed by atoms with E-state index in [0.717, 1.165) is 31.0 Å². The van der Waals surface area contributed by atoms with Gasteiger partial charge in [-0.3, -0.25) is 0 Å². The minimum Gasteiger partial charge on any atom is -0.457 e. The van der Waals surface area contributed by atoms with Gasteiger partial charge in [-0.2, -0.15) is 0 Å². The number of ether oxygens (including phenoxy) is 1. The number of fused-ring (bicyclic) bond motifs is 2. The van der Waals surface area contributed by atoms with Gasteiger partial charge in [0.05, 0.1) is 6.04 Å². The van der Waals surface area contributed by atoms with Crippen LogP contribution in [0.3, 0.4) is 0 Å². The fraction of sp³-hybridized carbons (Fsp3) is 0.368. The van der Waals surface area contributed by atoms with Gasteiger partial charge >= 0.3 is 0 Å². The number of para-hydroxylation sites is 1. The lowest BCUT2D eigenvalue weighted by molar-refractivity contribution is 0.164. The smallest absolute Gasteiger partial charge is 0.132 e. The monoisotopic (exact) mass is 307 g/mol. The molecular formula is C19H21N3O. The number of nitrogens with one attached hydrogen (secondary N) is 2. The van der Waals surface area contributed by atoms with Gasteiger partial charge in [-0.1, -0.05) is 30.4 Å². The Labute approximate surface area is 136 Å². The van der Waals surface area contributed by atoms with Crippen LogP contribution in [0.1, 0.15) is 17.9 Å². The molecule has 3 heterocycles. The SMILES string of the molecule is CN1CC2C3=C4C(=CC=CC4NCCC3N1)Oc1ccccc12. The van der Waals surface area contributed by atoms with Gasteiger partial charge in [0.25, 0.3) is 0 Å². The van der Waals surface area contributed by atoms with Crippen molar-refractivity contribution in [3.8, 4) is 5.75 Å². The van der Waals surface area contributed by atoms with Gasteiger partial charge in [0.15, 0.2) is 0 Å². The summed E-state index contributed by atoms with van der Waals surface area (Å²) in [6, 6.07) is 9.14. The van der Waals surface area contributed by atoms with Crippen molar-refractivity contribution in [2.75, 3.05) is 20.1 Å². The molecular weight excluding hydrogens is 286 g/mol. The van der Waals surface area contributed by atoms with Crippen molar-refractivity contribution in [1.29, 1.82) is 0 Å². The molecule has 3 unspecified atom stereocenters. The van der Waals surface area contributed by atoms with Crippen LogP contribution in [-0.4, -0.2) is 37.2 Å². The van der Waals surface area contributed by atoms with Crippen molar-refractivity contribution in [3.05, 3.63) is 65.0 Å². The first kappa shape index (κ1) is 13.5. The quantitative estimate of drug-likeness (QED) is 0.769. The standard InChI is InChI=1S/C19H21N3O/c1-22-11-13-12-5-2-3-7-16(12)23-17-8-4-6-14-19(17)18(13)15(21-22)9-10-20-14/h2-8,13-15,20-21H,9-11H2,1H3. The highest BCUT2D eigenvalue weighted by Crippen LogP contribution is 2.45. The molecule has 3 aliphatic heterocycles. The molecule has 4 nitrogen and oxygen atoms in total. The van der Waals surface area contributed by atoms with Gasteiger partial charge in [0.2, 0.25) is 0 Å². The van der Waals surface area contributed by atoms with Gasteiger partial charge < -0.3 is 10.1 Å². The van der Waals surface area contributed by atoms with Gasteiger partial charge in [0, 0.05) is 36.7 Å². The van der Waals surface area contributed by atoms with Gasteiger partial charge in [-0.05, 0) is 30.7 Å². The Kier molecular flexibility index (Phi) is 2.98. The van der Waals surface area contributed by atoms with Crippen molar-refractivity contribution >= 4 is 0 Å². The summed E-state index contributed by atoms with van der Waals surface area (Å²) < 4.78 is 6.36. The Morgan fingerprint density at radius 2 is 2.17 bits per heavy atom. The molecule has 1 aromatic carbocycles. The van der Waals surface area contributed by atoms with Crippen molar-refractivity contribution in [3.63, 3.8) is 0 Å². The van der Waals surface area contributed by atoms with E-state index in [9.17, 15) is 0 Å². The van der Waals surface area contributed by atoms with Gasteiger partial charge in [0.1, 0.15) is 11.5 Å². The second-order valence-electron chi connectivity index (χ2n) is 6.76. The number of hydrogen-bond donors (Lipinski definition) is 2. The number of likely N-dealkylation sites (N-methyl/N-ethyl adjacent to an activating group) is 1. The fourth-order valence-electron chi connectivity index (χ4n) is 4.40. The minimum absolute atomic E-state index is 0.261. The van der Waals surface area contributed by atoms with Crippen LogP contribution in [0.25, 0.3) is 0 Å². The van der Waals surface area contributed by atoms with Crippen LogP contribution in [-0.2, 0) is 0 Å². The number of rotatable bonds is 0. The van der Waals surface area contributed by atoms with Crippen molar-refractivity contribution in [2.45, 2.75) is 24.4 Å². The van der Waals surface area contributed by atoms with E-state index in [4.69, 9.17) is 4.74 Å². The molecule has 3 atom stereocenters. The molecule has 1 saturated heterocycles. The Hall–Kier alpha value is -1.88. The van der Waals surface area contributed by atoms with Crippen LogP contribution in [0.5, 0.6) is 5.75 Å². The average Bonchev–Trinajstić information content (AvgIpc) is 2.82. The highest BCUT2D eigenvalue weighted by atomic mass is 16.5. The maximum Gasteiger partial charge on any atom is 0.132 e. The maximum atomic E-state index is 6.36. The van der Waals surface area contributed by atoms with E-state index in [0.29, 0.717) is 12.0 Å². The molecule has 4 heteroatoms. The van der Waals surface area contributed by atoms with Crippen molar-refractivity contribution in [1.82, 2.24) is 15.8 Å². The first-order chi connectivity index (χ1) is 11.3. The Morgan fingerprint density at radius 1 is 1.26 bits per heavy atom. The zero-order valence-electron chi connectivity index (χ0n) is 13.3. The Morgan fingerprint density at radius 3 is 3.13 bits per heavy atom. The predicted octanol–water partition coefficient (Wildman–Crippen LogP) is 2.09. The van der Waals surface area contributed by atoms with E-state index in [2.05, 4.69) is 65.3 Å². The third-order valence-corrected chi connectivity index (χ3v) is 5.33. The zero-order valence-corrected chi connectivity index (χ0v) is 13.3. The van der Waals surface area contributed by atoms with E-state index in [-0.39, 0.29) is 6.04 Å². The molecule has 1 aromatic rings. The summed E-state index contributed by atoms with van der Waals surface area (Å²) in [7, 11) is 2.14. The molecule has 0 radical (unpaired) electrons. The summed E-state index contributed by atoms with van der Waals surface area (Å²) in [4.78, 5) is 0. The predicted molar refractivity (Wildman–Crippen MR) is 90.0 cm³/mol. The topological polar surface area (TPSA) is 36.5 Å². The second-order valence-corrected chi connectivity index (χ2v) is 6.76. The molecule has 0 bridgehead atoms. The summed E-state index contributed by atoms with van der Waals surface area (Å²) in [5.41, 5.74) is 7.83. The van der Waals surface area contributed by atoms with Crippen LogP contribution >= 0.6 is 0 Å². The van der Waals surface area contributed by atoms with E-state index < -0.39 is 0 Å². The summed E-state index contributed by atoms with van der Waals surface area (Å²) in [6.07, 6.45) is 7.57. The van der Waals surface area contributed by atoms with Crippen LogP contribution in [0.4, 0.5) is 0 Å². The molecule has 4 aliphatic rings. The van der Waals surface area contributed by atoms with Crippen LogP contribution in [0, 0.1) is 0 Å². The largest absolute Gasteiger partial charge is 0.457 e. The first-order valence-corrected chi connectivity index (χ1v) is 8.41. The number of benzene rings is 1. The van der Waals surface area contributed by atoms with Crippen molar-refractivity contribution < 1.29 is 4.74 Å². The molecule has 2 N–H and O–H groups in total. The Bertz CT molecular complexity index is 749. The summed E-state index contributed by atoms with van der Waals surface area (Å²) in [6.45, 7) is 1.98. The van der Waals surface area contributed by atoms with Crippen LogP contribution in [0.15, 0.2) is 59.4 Å². The van der Waals surface area contributed by atoms with E-state index in [1.54, 1.807) is 0 Å². The number of nitrogens with zero attached hydrogens (tertiary/aromatic N) is 1. The molecule has 0 aromatic heterocycles. The molecule has 1 fully saturated rings. The molecule has 0 spiro atoms. The van der Waals surface area contributed by atoms with Gasteiger partial charge in [-0.15, -0.1) is 0 Å². The lowest BCUT2D eigenvalue weighted by Crippen LogP contribution is -2.51. The number of hydrogen-bond acceptors (Lipinski definition) is 4. The molecule has 1 aliphatic carbocycles. The third-order valence-electron chi connectivity index (χ3n) is 5.33. The molecule has 5 rings (SSSR count). The zero-order chi connectivity index (χ0) is 15.4. The molecule has 0 saturated carbocycles. The van der Waals surface area contributed by atoms with Crippen LogP contribution in [0.2, 0.25) is 0 Å². The third kappa shape index (κ3) is 2.02. The molecule has 118 valence electrons. The summed E-state index contributed by atoms with van der Waals surface area (Å²) >= 11 is 0. The van der Waals surface area contributed by atoms with Crippen LogP contribution < -0.4 is 15.5 Å². The van der Waals surface area contributed by atoms with Crippen molar-refractivity contribution in [2.24, 2.45) is 0 Å². The van der Waals surface area contributed by atoms with E-state index in [1.807, 2.05) is 0 Å². The maximum absolute atomic E-state index is 6.36. The molecule has 23 heavy (non-hydrogen) atoms. The first-order valence-electron chi connectivity index (χ1n) is 8.41. The van der Waals surface area contributed by atoms with E-state index in [1.165, 1.54) is 16.7 Å². The Balaban J connectivity index is 1.78.